The molecule has 9 nitrogen and oxygen atoms in total. The first kappa shape index (κ1) is 20.4. The minimum atomic E-state index is -0.271. The second-order valence-electron chi connectivity index (χ2n) is 7.50. The minimum absolute atomic E-state index is 0.198. The Morgan fingerprint density at radius 1 is 1.13 bits per heavy atom. The maximum atomic E-state index is 12.4. The number of aromatic nitrogens is 3. The highest BCUT2D eigenvalue weighted by atomic mass is 16.1. The van der Waals surface area contributed by atoms with Gasteiger partial charge in [0.2, 0.25) is 0 Å². The molecule has 1 aliphatic heterocycles. The third-order valence-corrected chi connectivity index (χ3v) is 5.20. The third-order valence-electron chi connectivity index (χ3n) is 5.20. The number of rotatable bonds is 6. The first-order valence-corrected chi connectivity index (χ1v) is 9.98. The number of benzene rings is 1. The van der Waals surface area contributed by atoms with Crippen molar-refractivity contribution in [3.05, 3.63) is 71.7 Å². The number of anilines is 3. The second-order valence-corrected chi connectivity index (χ2v) is 7.50. The molecule has 1 atom stereocenters. The van der Waals surface area contributed by atoms with Crippen LogP contribution in [0, 0.1) is 5.41 Å². The highest BCUT2D eigenvalue weighted by Gasteiger charge is 2.23. The van der Waals surface area contributed by atoms with Crippen LogP contribution in [0.15, 0.2) is 55.0 Å². The van der Waals surface area contributed by atoms with E-state index in [0.29, 0.717) is 28.3 Å². The van der Waals surface area contributed by atoms with Crippen LogP contribution < -0.4 is 16.4 Å². The van der Waals surface area contributed by atoms with Crippen molar-refractivity contribution in [3.8, 4) is 0 Å². The van der Waals surface area contributed by atoms with E-state index in [2.05, 4.69) is 37.5 Å². The lowest BCUT2D eigenvalue weighted by Crippen LogP contribution is -2.26. The summed E-state index contributed by atoms with van der Waals surface area (Å²) in [7, 11) is 2.07. The molecule has 5 N–H and O–H groups in total. The van der Waals surface area contributed by atoms with Crippen molar-refractivity contribution >= 4 is 29.1 Å². The molecule has 1 aliphatic rings. The van der Waals surface area contributed by atoms with Crippen molar-refractivity contribution in [2.24, 2.45) is 0 Å². The molecule has 158 valence electrons. The van der Waals surface area contributed by atoms with E-state index < -0.39 is 0 Å². The Morgan fingerprint density at radius 2 is 1.90 bits per heavy atom. The summed E-state index contributed by atoms with van der Waals surface area (Å²) < 4.78 is 0. The number of pyridine rings is 1. The lowest BCUT2D eigenvalue weighted by Gasteiger charge is -2.18. The summed E-state index contributed by atoms with van der Waals surface area (Å²) in [6, 6.07) is 12.3. The molecule has 4 rings (SSSR count). The van der Waals surface area contributed by atoms with Gasteiger partial charge in [0.15, 0.2) is 0 Å². The molecule has 0 aliphatic carbocycles. The Bertz CT molecular complexity index is 1080. The number of hydrogen-bond acceptors (Lipinski definition) is 8. The normalized spacial score (nSPS) is 16.1. The van der Waals surface area contributed by atoms with E-state index in [0.717, 1.165) is 19.5 Å². The number of hydrogen-bond donors (Lipinski definition) is 4. The Balaban J connectivity index is 1.52. The molecule has 3 aromatic rings. The molecule has 1 aromatic carbocycles. The van der Waals surface area contributed by atoms with Gasteiger partial charge in [-0.05, 0) is 44.3 Å². The van der Waals surface area contributed by atoms with Crippen molar-refractivity contribution in [3.63, 3.8) is 0 Å². The SMILES string of the molecule is CN1CCC(Nc2ncnc(N)c2C(=N)c2ccc(C(=O)Nc3ccccn3)cc2)C1. The van der Waals surface area contributed by atoms with E-state index in [9.17, 15) is 4.79 Å². The minimum Gasteiger partial charge on any atom is -0.383 e. The number of nitrogens with zero attached hydrogens (tertiary/aromatic N) is 4. The molecule has 2 aromatic heterocycles. The van der Waals surface area contributed by atoms with Crippen LogP contribution in [0.1, 0.15) is 27.9 Å². The van der Waals surface area contributed by atoms with Gasteiger partial charge in [-0.3, -0.25) is 10.2 Å². The molecule has 0 radical (unpaired) electrons. The van der Waals surface area contributed by atoms with E-state index in [-0.39, 0.29) is 23.5 Å². The number of carbonyl (C=O) groups is 1. The van der Waals surface area contributed by atoms with Crippen LogP contribution in [-0.4, -0.2) is 57.6 Å². The molecule has 0 saturated carbocycles. The van der Waals surface area contributed by atoms with Crippen LogP contribution in [0.2, 0.25) is 0 Å². The smallest absolute Gasteiger partial charge is 0.256 e. The summed E-state index contributed by atoms with van der Waals surface area (Å²) in [6.45, 7) is 1.91. The maximum Gasteiger partial charge on any atom is 0.256 e. The van der Waals surface area contributed by atoms with Crippen LogP contribution >= 0.6 is 0 Å². The van der Waals surface area contributed by atoms with Crippen LogP contribution in [0.4, 0.5) is 17.5 Å². The van der Waals surface area contributed by atoms with Gasteiger partial charge in [-0.1, -0.05) is 18.2 Å². The molecule has 1 saturated heterocycles. The standard InChI is InChI=1S/C22H24N8O/c1-30-11-9-16(12-30)28-21-18(20(24)26-13-27-21)19(23)14-5-7-15(8-6-14)22(31)29-17-4-2-3-10-25-17/h2-8,10,13,16,23H,9,11-12H2,1H3,(H,25,29,31)(H3,24,26,27,28). The lowest BCUT2D eigenvalue weighted by atomic mass is 10.0. The zero-order chi connectivity index (χ0) is 21.8. The average molecular weight is 416 g/mol. The highest BCUT2D eigenvalue weighted by molar-refractivity contribution is 6.16. The zero-order valence-electron chi connectivity index (χ0n) is 17.2. The van der Waals surface area contributed by atoms with E-state index in [1.165, 1.54) is 6.33 Å². The summed E-state index contributed by atoms with van der Waals surface area (Å²) in [5.74, 6) is 0.999. The molecular formula is C22H24N8O. The Morgan fingerprint density at radius 3 is 2.58 bits per heavy atom. The van der Waals surface area contributed by atoms with E-state index in [1.807, 2.05) is 0 Å². The van der Waals surface area contributed by atoms with Crippen molar-refractivity contribution in [1.82, 2.24) is 19.9 Å². The number of amides is 1. The quantitative estimate of drug-likeness (QED) is 0.453. The van der Waals surface area contributed by atoms with Crippen molar-refractivity contribution in [2.45, 2.75) is 12.5 Å². The molecule has 1 unspecified atom stereocenters. The molecule has 0 bridgehead atoms. The average Bonchev–Trinajstić information content (AvgIpc) is 3.19. The second kappa shape index (κ2) is 8.88. The van der Waals surface area contributed by atoms with E-state index >= 15 is 0 Å². The summed E-state index contributed by atoms with van der Waals surface area (Å²) in [4.78, 5) is 27.2. The topological polar surface area (TPSA) is 133 Å². The van der Waals surface area contributed by atoms with Gasteiger partial charge in [-0.25, -0.2) is 15.0 Å². The molecule has 31 heavy (non-hydrogen) atoms. The van der Waals surface area contributed by atoms with Gasteiger partial charge in [0.25, 0.3) is 5.91 Å². The maximum absolute atomic E-state index is 12.4. The van der Waals surface area contributed by atoms with Crippen molar-refractivity contribution in [2.75, 3.05) is 36.5 Å². The highest BCUT2D eigenvalue weighted by Crippen LogP contribution is 2.24. The first-order chi connectivity index (χ1) is 15.0. The summed E-state index contributed by atoms with van der Waals surface area (Å²) in [5.41, 5.74) is 7.85. The fraction of sp³-hybridized carbons (Fsp3) is 0.227. The number of nitrogens with two attached hydrogens (primary N) is 1. The van der Waals surface area contributed by atoms with Gasteiger partial charge in [-0.2, -0.15) is 0 Å². The van der Waals surface area contributed by atoms with Gasteiger partial charge in [0.1, 0.15) is 23.8 Å². The molecule has 9 heteroatoms. The summed E-state index contributed by atoms with van der Waals surface area (Å²) >= 11 is 0. The van der Waals surface area contributed by atoms with Crippen LogP contribution in [0.5, 0.6) is 0 Å². The van der Waals surface area contributed by atoms with Gasteiger partial charge in [-0.15, -0.1) is 0 Å². The van der Waals surface area contributed by atoms with Gasteiger partial charge >= 0.3 is 0 Å². The van der Waals surface area contributed by atoms with Gasteiger partial charge < -0.3 is 21.3 Å². The Hall–Kier alpha value is -3.85. The predicted octanol–water partition coefficient (Wildman–Crippen LogP) is 2.24. The fourth-order valence-corrected chi connectivity index (χ4v) is 3.56. The molecular weight excluding hydrogens is 392 g/mol. The van der Waals surface area contributed by atoms with Crippen LogP contribution in [-0.2, 0) is 0 Å². The third kappa shape index (κ3) is 4.67. The number of nitrogen functional groups attached to an aromatic ring is 1. The van der Waals surface area contributed by atoms with Crippen molar-refractivity contribution < 1.29 is 4.79 Å². The number of nitrogens with one attached hydrogen (secondary N) is 3. The number of carbonyl (C=O) groups excluding carboxylic acids is 1. The van der Waals surface area contributed by atoms with Gasteiger partial charge in [0.05, 0.1) is 11.3 Å². The Labute approximate surface area is 180 Å². The van der Waals surface area contributed by atoms with E-state index in [4.69, 9.17) is 11.1 Å². The zero-order valence-corrected chi connectivity index (χ0v) is 17.2. The fourth-order valence-electron chi connectivity index (χ4n) is 3.56. The van der Waals surface area contributed by atoms with Crippen LogP contribution in [0.25, 0.3) is 0 Å². The summed E-state index contributed by atoms with van der Waals surface area (Å²) in [5, 5.41) is 14.8. The molecule has 1 fully saturated rings. The number of likely N-dealkylation sites (N-methyl/N-ethyl adjacent to an activating group) is 1. The van der Waals surface area contributed by atoms with Crippen molar-refractivity contribution in [1.29, 1.82) is 5.41 Å². The monoisotopic (exact) mass is 416 g/mol. The van der Waals surface area contributed by atoms with Gasteiger partial charge in [0, 0.05) is 29.9 Å². The number of likely N-dealkylation sites (tertiary alicyclic amines) is 1. The van der Waals surface area contributed by atoms with Crippen LogP contribution in [0.3, 0.4) is 0 Å². The first-order valence-electron chi connectivity index (χ1n) is 9.98. The Kier molecular flexibility index (Phi) is 5.85. The molecule has 3 heterocycles. The summed E-state index contributed by atoms with van der Waals surface area (Å²) in [6.07, 6.45) is 4.01. The largest absolute Gasteiger partial charge is 0.383 e. The molecule has 0 spiro atoms. The van der Waals surface area contributed by atoms with E-state index in [1.54, 1.807) is 48.7 Å². The lowest BCUT2D eigenvalue weighted by molar-refractivity contribution is 0.102. The predicted molar refractivity (Wildman–Crippen MR) is 121 cm³/mol. The molecule has 1 amide bonds.